The van der Waals surface area contributed by atoms with Gasteiger partial charge in [0, 0.05) is 23.7 Å². The predicted octanol–water partition coefficient (Wildman–Crippen LogP) is 2.48. The molecule has 1 aromatic heterocycles. The van der Waals surface area contributed by atoms with Crippen molar-refractivity contribution < 1.29 is 17.9 Å². The van der Waals surface area contributed by atoms with E-state index in [4.69, 9.17) is 14.7 Å². The highest BCUT2D eigenvalue weighted by atomic mass is 32.2. The van der Waals surface area contributed by atoms with Gasteiger partial charge in [-0.2, -0.15) is 5.26 Å². The van der Waals surface area contributed by atoms with E-state index in [1.54, 1.807) is 12.3 Å². The Morgan fingerprint density at radius 3 is 2.69 bits per heavy atom. The lowest BCUT2D eigenvalue weighted by molar-refractivity contribution is -0.0569. The molecule has 8 heteroatoms. The van der Waals surface area contributed by atoms with E-state index in [9.17, 15) is 8.42 Å². The van der Waals surface area contributed by atoms with Crippen LogP contribution < -0.4 is 9.46 Å². The normalized spacial score (nSPS) is 26.1. The lowest BCUT2D eigenvalue weighted by Crippen LogP contribution is -2.50. The molecule has 2 aliphatic rings. The molecule has 0 saturated carbocycles. The van der Waals surface area contributed by atoms with Crippen molar-refractivity contribution in [2.24, 2.45) is 5.92 Å². The summed E-state index contributed by atoms with van der Waals surface area (Å²) in [6.45, 7) is 0.388. The maximum absolute atomic E-state index is 11.7. The van der Waals surface area contributed by atoms with E-state index in [1.165, 1.54) is 6.26 Å². The summed E-state index contributed by atoms with van der Waals surface area (Å²) in [6.07, 6.45) is 5.48. The fourth-order valence-corrected chi connectivity index (χ4v) is 4.94. The van der Waals surface area contributed by atoms with E-state index in [1.807, 2.05) is 30.3 Å². The van der Waals surface area contributed by atoms with Gasteiger partial charge >= 0.3 is 0 Å². The van der Waals surface area contributed by atoms with Gasteiger partial charge in [0.05, 0.1) is 36.3 Å². The van der Waals surface area contributed by atoms with Crippen molar-refractivity contribution in [3.05, 3.63) is 48.2 Å². The van der Waals surface area contributed by atoms with Crippen molar-refractivity contribution in [2.45, 2.75) is 37.5 Å². The molecule has 2 aromatic rings. The van der Waals surface area contributed by atoms with E-state index in [0.29, 0.717) is 24.3 Å². The predicted molar refractivity (Wildman–Crippen MR) is 108 cm³/mol. The molecule has 2 aliphatic heterocycles. The lowest BCUT2D eigenvalue weighted by Gasteiger charge is -2.36. The van der Waals surface area contributed by atoms with Gasteiger partial charge in [-0.3, -0.25) is 4.98 Å². The minimum absolute atomic E-state index is 0.0233. The summed E-state index contributed by atoms with van der Waals surface area (Å²) in [5, 5.41) is 8.87. The summed E-state index contributed by atoms with van der Waals surface area (Å²) in [6, 6.07) is 13.0. The molecule has 2 fully saturated rings. The summed E-state index contributed by atoms with van der Waals surface area (Å²) in [4.78, 5) is 4.29. The van der Waals surface area contributed by atoms with Gasteiger partial charge in [0.2, 0.25) is 10.0 Å². The molecular weight excluding hydrogens is 390 g/mol. The zero-order chi connectivity index (χ0) is 20.4. The van der Waals surface area contributed by atoms with Crippen LogP contribution in [-0.4, -0.2) is 44.5 Å². The van der Waals surface area contributed by atoms with Gasteiger partial charge in [-0.25, -0.2) is 13.1 Å². The summed E-state index contributed by atoms with van der Waals surface area (Å²) in [7, 11) is -3.29. The van der Waals surface area contributed by atoms with E-state index >= 15 is 0 Å². The molecule has 2 saturated heterocycles. The van der Waals surface area contributed by atoms with Crippen molar-refractivity contribution >= 4 is 10.0 Å². The van der Waals surface area contributed by atoms with Gasteiger partial charge in [-0.1, -0.05) is 0 Å². The molecule has 0 unspecified atom stereocenters. The Bertz CT molecular complexity index is 1000. The number of benzene rings is 1. The Morgan fingerprint density at radius 1 is 1.24 bits per heavy atom. The second-order valence-corrected chi connectivity index (χ2v) is 9.43. The zero-order valence-electron chi connectivity index (χ0n) is 16.1. The van der Waals surface area contributed by atoms with Crippen LogP contribution in [0.15, 0.2) is 42.6 Å². The second-order valence-electron chi connectivity index (χ2n) is 7.65. The molecule has 4 rings (SSSR count). The highest BCUT2D eigenvalue weighted by Crippen LogP contribution is 2.37. The maximum Gasteiger partial charge on any atom is 0.208 e. The number of rotatable bonds is 6. The van der Waals surface area contributed by atoms with Crippen molar-refractivity contribution in [3.8, 4) is 23.1 Å². The van der Waals surface area contributed by atoms with Crippen LogP contribution in [0.3, 0.4) is 0 Å². The van der Waals surface area contributed by atoms with E-state index in [2.05, 4.69) is 15.8 Å². The van der Waals surface area contributed by atoms with Crippen molar-refractivity contribution in [3.63, 3.8) is 0 Å². The Hall–Kier alpha value is -2.47. The average molecular weight is 413 g/mol. The van der Waals surface area contributed by atoms with Crippen molar-refractivity contribution in [2.75, 3.05) is 12.9 Å². The van der Waals surface area contributed by atoms with E-state index in [-0.39, 0.29) is 24.2 Å². The van der Waals surface area contributed by atoms with Crippen LogP contribution in [0.1, 0.15) is 24.8 Å². The first-order valence-electron chi connectivity index (χ1n) is 9.63. The number of nitriles is 1. The molecule has 0 aliphatic carbocycles. The minimum atomic E-state index is -3.29. The number of hydrogen-bond donors (Lipinski definition) is 1. The highest BCUT2D eigenvalue weighted by Gasteiger charge is 2.44. The second kappa shape index (κ2) is 8.11. The SMILES string of the molecule is CS(=O)(=O)N[C@H]1C[C@H]2CC[C@@H](O2)[C@H]1COc1ccc(-c2ccc(C#N)cn2)cc1. The van der Waals surface area contributed by atoms with Crippen LogP contribution in [0, 0.1) is 17.2 Å². The maximum atomic E-state index is 11.7. The topological polar surface area (TPSA) is 101 Å². The Morgan fingerprint density at radius 2 is 2.03 bits per heavy atom. The monoisotopic (exact) mass is 413 g/mol. The number of pyridine rings is 1. The third-order valence-corrected chi connectivity index (χ3v) is 6.23. The first-order chi connectivity index (χ1) is 13.9. The average Bonchev–Trinajstić information content (AvgIpc) is 3.09. The molecule has 1 N–H and O–H groups in total. The first-order valence-corrected chi connectivity index (χ1v) is 11.5. The molecule has 2 bridgehead atoms. The molecular formula is C21H23N3O4S. The summed E-state index contributed by atoms with van der Waals surface area (Å²) in [5.41, 5.74) is 2.23. The molecule has 0 radical (unpaired) electrons. The third-order valence-electron chi connectivity index (χ3n) is 5.50. The van der Waals surface area contributed by atoms with E-state index in [0.717, 1.165) is 24.1 Å². The van der Waals surface area contributed by atoms with Gasteiger partial charge in [0.1, 0.15) is 11.8 Å². The van der Waals surface area contributed by atoms with Crippen LogP contribution in [0.2, 0.25) is 0 Å². The molecule has 0 amide bonds. The standard InChI is InChI=1S/C21H23N3O4S/c1-29(25,26)24-20-10-17-7-9-21(28-17)18(20)13-27-16-5-3-15(4-6-16)19-8-2-14(11-22)12-23-19/h2-6,8,12,17-18,20-21,24H,7,9-10,13H2,1H3/t17-,18+,20+,21-/m1/s1. The highest BCUT2D eigenvalue weighted by molar-refractivity contribution is 7.88. The summed E-state index contributed by atoms with van der Waals surface area (Å²) >= 11 is 0. The van der Waals surface area contributed by atoms with Crippen molar-refractivity contribution in [1.82, 2.24) is 9.71 Å². The number of nitrogens with zero attached hydrogens (tertiary/aromatic N) is 2. The molecule has 1 aromatic carbocycles. The number of hydrogen-bond acceptors (Lipinski definition) is 6. The molecule has 7 nitrogen and oxygen atoms in total. The van der Waals surface area contributed by atoms with Gasteiger partial charge < -0.3 is 9.47 Å². The van der Waals surface area contributed by atoms with Gasteiger partial charge in [0.25, 0.3) is 0 Å². The van der Waals surface area contributed by atoms with Crippen LogP contribution in [-0.2, 0) is 14.8 Å². The first kappa shape index (κ1) is 19.8. The third kappa shape index (κ3) is 4.75. The largest absolute Gasteiger partial charge is 0.493 e. The number of fused-ring (bicyclic) bond motifs is 2. The quantitative estimate of drug-likeness (QED) is 0.781. The molecule has 3 heterocycles. The Labute approximate surface area is 170 Å². The van der Waals surface area contributed by atoms with Gasteiger partial charge in [0.15, 0.2) is 0 Å². The van der Waals surface area contributed by atoms with Crippen LogP contribution in [0.4, 0.5) is 0 Å². The molecule has 4 atom stereocenters. The van der Waals surface area contributed by atoms with Crippen LogP contribution in [0.25, 0.3) is 11.3 Å². The summed E-state index contributed by atoms with van der Waals surface area (Å²) in [5.74, 6) is 0.684. The van der Waals surface area contributed by atoms with Crippen LogP contribution >= 0.6 is 0 Å². The lowest BCUT2D eigenvalue weighted by atomic mass is 9.91. The Kier molecular flexibility index (Phi) is 5.54. The van der Waals surface area contributed by atoms with E-state index < -0.39 is 10.0 Å². The van der Waals surface area contributed by atoms with Crippen LogP contribution in [0.5, 0.6) is 5.75 Å². The summed E-state index contributed by atoms with van der Waals surface area (Å²) < 4.78 is 38.2. The van der Waals surface area contributed by atoms with Crippen molar-refractivity contribution in [1.29, 1.82) is 5.26 Å². The fraction of sp³-hybridized carbons (Fsp3) is 0.429. The number of sulfonamides is 1. The fourth-order valence-electron chi connectivity index (χ4n) is 4.12. The molecule has 0 spiro atoms. The Balaban J connectivity index is 1.42. The zero-order valence-corrected chi connectivity index (χ0v) is 16.9. The minimum Gasteiger partial charge on any atom is -0.493 e. The molecule has 152 valence electrons. The number of ether oxygens (including phenoxy) is 2. The number of aromatic nitrogens is 1. The van der Waals surface area contributed by atoms with Gasteiger partial charge in [-0.05, 0) is 55.7 Å². The smallest absolute Gasteiger partial charge is 0.208 e. The molecule has 29 heavy (non-hydrogen) atoms. The number of nitrogens with one attached hydrogen (secondary N) is 1. The van der Waals surface area contributed by atoms with Gasteiger partial charge in [-0.15, -0.1) is 0 Å².